The Morgan fingerprint density at radius 3 is 2.83 bits per heavy atom. The SMILES string of the molecule is COc1cccc(C(=O)NC2CCSc3ccc(F)cc32)c1OC. The maximum atomic E-state index is 13.6. The van der Waals surface area contributed by atoms with E-state index in [9.17, 15) is 9.18 Å². The molecule has 1 N–H and O–H groups in total. The van der Waals surface area contributed by atoms with Crippen LogP contribution in [0.5, 0.6) is 11.5 Å². The molecule has 3 rings (SSSR count). The lowest BCUT2D eigenvalue weighted by atomic mass is 10.0. The molecule has 1 unspecified atom stereocenters. The predicted molar refractivity (Wildman–Crippen MR) is 91.5 cm³/mol. The van der Waals surface area contributed by atoms with Crippen molar-refractivity contribution in [2.24, 2.45) is 0 Å². The second-order valence-corrected chi connectivity index (χ2v) is 6.52. The number of thioether (sulfide) groups is 1. The number of benzene rings is 2. The van der Waals surface area contributed by atoms with Gasteiger partial charge in [-0.3, -0.25) is 4.79 Å². The molecule has 0 spiro atoms. The molecule has 126 valence electrons. The van der Waals surface area contributed by atoms with E-state index in [1.54, 1.807) is 36.0 Å². The van der Waals surface area contributed by atoms with E-state index in [4.69, 9.17) is 9.47 Å². The fraction of sp³-hybridized carbons (Fsp3) is 0.278. The summed E-state index contributed by atoms with van der Waals surface area (Å²) in [7, 11) is 3.02. The van der Waals surface area contributed by atoms with E-state index >= 15 is 0 Å². The van der Waals surface area contributed by atoms with Crippen molar-refractivity contribution >= 4 is 17.7 Å². The fourth-order valence-corrected chi connectivity index (χ4v) is 3.92. The third kappa shape index (κ3) is 3.19. The van der Waals surface area contributed by atoms with Gasteiger partial charge in [-0.25, -0.2) is 4.39 Å². The highest BCUT2D eigenvalue weighted by molar-refractivity contribution is 7.99. The molecule has 2 aromatic rings. The molecule has 24 heavy (non-hydrogen) atoms. The molecule has 0 saturated heterocycles. The molecule has 0 bridgehead atoms. The van der Waals surface area contributed by atoms with Crippen LogP contribution >= 0.6 is 11.8 Å². The number of methoxy groups -OCH3 is 2. The summed E-state index contributed by atoms with van der Waals surface area (Å²) in [4.78, 5) is 13.7. The van der Waals surface area contributed by atoms with Gasteiger partial charge in [0, 0.05) is 10.6 Å². The van der Waals surface area contributed by atoms with Gasteiger partial charge in [-0.2, -0.15) is 0 Å². The minimum Gasteiger partial charge on any atom is -0.493 e. The number of fused-ring (bicyclic) bond motifs is 1. The standard InChI is InChI=1S/C18H18FNO3S/c1-22-15-5-3-4-12(17(15)23-2)18(21)20-14-8-9-24-16-7-6-11(19)10-13(14)16/h3-7,10,14H,8-9H2,1-2H3,(H,20,21). The maximum absolute atomic E-state index is 13.6. The number of ether oxygens (including phenoxy) is 2. The lowest BCUT2D eigenvalue weighted by Crippen LogP contribution is -2.31. The number of amides is 1. The van der Waals surface area contributed by atoms with E-state index in [1.807, 2.05) is 0 Å². The van der Waals surface area contributed by atoms with Crippen LogP contribution in [-0.4, -0.2) is 25.9 Å². The smallest absolute Gasteiger partial charge is 0.255 e. The van der Waals surface area contributed by atoms with Crippen molar-refractivity contribution in [1.29, 1.82) is 0 Å². The second-order valence-electron chi connectivity index (χ2n) is 5.39. The largest absolute Gasteiger partial charge is 0.493 e. The van der Waals surface area contributed by atoms with Gasteiger partial charge in [0.25, 0.3) is 5.91 Å². The zero-order valence-electron chi connectivity index (χ0n) is 13.5. The van der Waals surface area contributed by atoms with Crippen molar-refractivity contribution < 1.29 is 18.7 Å². The van der Waals surface area contributed by atoms with Crippen LogP contribution in [0.4, 0.5) is 4.39 Å². The van der Waals surface area contributed by atoms with Crippen LogP contribution in [0.1, 0.15) is 28.4 Å². The number of carbonyl (C=O) groups excluding carboxylic acids is 1. The Morgan fingerprint density at radius 2 is 2.08 bits per heavy atom. The molecule has 6 heteroatoms. The number of hydrogen-bond donors (Lipinski definition) is 1. The quantitative estimate of drug-likeness (QED) is 0.914. The summed E-state index contributed by atoms with van der Waals surface area (Å²) in [5.74, 6) is 1.20. The van der Waals surface area contributed by atoms with Crippen LogP contribution < -0.4 is 14.8 Å². The van der Waals surface area contributed by atoms with Crippen LogP contribution in [0.2, 0.25) is 0 Å². The van der Waals surface area contributed by atoms with Crippen LogP contribution in [0.25, 0.3) is 0 Å². The molecule has 1 aliphatic rings. The average Bonchev–Trinajstić information content (AvgIpc) is 2.61. The molecule has 1 heterocycles. The van der Waals surface area contributed by atoms with Crippen molar-refractivity contribution in [3.63, 3.8) is 0 Å². The third-order valence-electron chi connectivity index (χ3n) is 3.96. The molecule has 0 radical (unpaired) electrons. The molecule has 4 nitrogen and oxygen atoms in total. The summed E-state index contributed by atoms with van der Waals surface area (Å²) < 4.78 is 24.1. The minimum absolute atomic E-state index is 0.222. The maximum Gasteiger partial charge on any atom is 0.255 e. The number of hydrogen-bond acceptors (Lipinski definition) is 4. The number of carbonyl (C=O) groups is 1. The lowest BCUT2D eigenvalue weighted by molar-refractivity contribution is 0.0931. The van der Waals surface area contributed by atoms with E-state index in [0.29, 0.717) is 17.1 Å². The zero-order chi connectivity index (χ0) is 17.1. The van der Waals surface area contributed by atoms with E-state index < -0.39 is 0 Å². The Balaban J connectivity index is 1.88. The second kappa shape index (κ2) is 7.13. The molecule has 1 aliphatic heterocycles. The molecule has 0 aromatic heterocycles. The van der Waals surface area contributed by atoms with Gasteiger partial charge in [0.2, 0.25) is 0 Å². The Hall–Kier alpha value is -2.21. The molecular weight excluding hydrogens is 329 g/mol. The van der Waals surface area contributed by atoms with Gasteiger partial charge in [-0.05, 0) is 42.3 Å². The molecule has 1 amide bonds. The summed E-state index contributed by atoms with van der Waals surface area (Å²) >= 11 is 1.68. The van der Waals surface area contributed by atoms with E-state index in [2.05, 4.69) is 5.32 Å². The van der Waals surface area contributed by atoms with E-state index in [0.717, 1.165) is 22.6 Å². The molecule has 0 aliphatic carbocycles. The van der Waals surface area contributed by atoms with E-state index in [1.165, 1.54) is 26.4 Å². The molecule has 2 aromatic carbocycles. The highest BCUT2D eigenvalue weighted by Crippen LogP contribution is 2.37. The minimum atomic E-state index is -0.297. The number of rotatable bonds is 4. The van der Waals surface area contributed by atoms with Crippen LogP contribution in [-0.2, 0) is 0 Å². The van der Waals surface area contributed by atoms with Crippen molar-refractivity contribution in [3.05, 3.63) is 53.3 Å². The highest BCUT2D eigenvalue weighted by Gasteiger charge is 2.25. The number of nitrogens with one attached hydrogen (secondary N) is 1. The monoisotopic (exact) mass is 347 g/mol. The molecule has 0 saturated carbocycles. The van der Waals surface area contributed by atoms with Crippen molar-refractivity contribution in [1.82, 2.24) is 5.32 Å². The van der Waals surface area contributed by atoms with Crippen LogP contribution in [0.3, 0.4) is 0 Å². The van der Waals surface area contributed by atoms with Crippen LogP contribution in [0.15, 0.2) is 41.3 Å². The Labute approximate surface area is 144 Å². The first kappa shape index (κ1) is 16.6. The summed E-state index contributed by atoms with van der Waals surface area (Å²) in [6.45, 7) is 0. The Morgan fingerprint density at radius 1 is 1.25 bits per heavy atom. The summed E-state index contributed by atoms with van der Waals surface area (Å²) in [6.07, 6.45) is 0.749. The van der Waals surface area contributed by atoms with Gasteiger partial charge in [0.05, 0.1) is 25.8 Å². The molecule has 1 atom stereocenters. The highest BCUT2D eigenvalue weighted by atomic mass is 32.2. The molecule has 0 fully saturated rings. The lowest BCUT2D eigenvalue weighted by Gasteiger charge is -2.26. The summed E-state index contributed by atoms with van der Waals surface area (Å²) in [5, 5.41) is 2.99. The Bertz CT molecular complexity index is 766. The van der Waals surface area contributed by atoms with Crippen molar-refractivity contribution in [2.45, 2.75) is 17.4 Å². The topological polar surface area (TPSA) is 47.6 Å². The summed E-state index contributed by atoms with van der Waals surface area (Å²) in [5.41, 5.74) is 1.22. The third-order valence-corrected chi connectivity index (χ3v) is 5.09. The predicted octanol–water partition coefficient (Wildman–Crippen LogP) is 3.81. The van der Waals surface area contributed by atoms with Gasteiger partial charge in [-0.1, -0.05) is 6.07 Å². The first-order chi connectivity index (χ1) is 11.6. The van der Waals surface area contributed by atoms with Gasteiger partial charge in [-0.15, -0.1) is 11.8 Å². The normalized spacial score (nSPS) is 16.2. The zero-order valence-corrected chi connectivity index (χ0v) is 14.3. The number of para-hydroxylation sites is 1. The van der Waals surface area contributed by atoms with Crippen molar-refractivity contribution in [2.75, 3.05) is 20.0 Å². The van der Waals surface area contributed by atoms with Gasteiger partial charge in [0.1, 0.15) is 5.82 Å². The first-order valence-corrected chi connectivity index (χ1v) is 8.56. The van der Waals surface area contributed by atoms with Crippen molar-refractivity contribution in [3.8, 4) is 11.5 Å². The van der Waals surface area contributed by atoms with Gasteiger partial charge >= 0.3 is 0 Å². The number of halogens is 1. The first-order valence-electron chi connectivity index (χ1n) is 7.58. The average molecular weight is 347 g/mol. The van der Waals surface area contributed by atoms with E-state index in [-0.39, 0.29) is 17.8 Å². The summed E-state index contributed by atoms with van der Waals surface area (Å²) in [6, 6.07) is 9.63. The molecular formula is C18H18FNO3S. The fourth-order valence-electron chi connectivity index (χ4n) is 2.82. The Kier molecular flexibility index (Phi) is 4.94. The van der Waals surface area contributed by atoms with Gasteiger partial charge < -0.3 is 14.8 Å². The van der Waals surface area contributed by atoms with Crippen LogP contribution in [0, 0.1) is 5.82 Å². The van der Waals surface area contributed by atoms with Gasteiger partial charge in [0.15, 0.2) is 11.5 Å².